The predicted molar refractivity (Wildman–Crippen MR) is 116 cm³/mol. The highest BCUT2D eigenvalue weighted by molar-refractivity contribution is 6.17. The average molecular weight is 374 g/mol. The number of nitrogens with zero attached hydrogens (tertiary/aromatic N) is 2. The molecule has 3 aromatic rings. The van der Waals surface area contributed by atoms with E-state index in [9.17, 15) is 4.79 Å². The highest BCUT2D eigenvalue weighted by Gasteiger charge is 2.36. The molecule has 0 saturated carbocycles. The summed E-state index contributed by atoms with van der Waals surface area (Å²) in [6, 6.07) is 13.7. The molecular formula is C24H26N2O2. The summed E-state index contributed by atoms with van der Waals surface area (Å²) in [5, 5.41) is 0.939. The molecule has 0 fully saturated rings. The van der Waals surface area contributed by atoms with Gasteiger partial charge >= 0.3 is 5.63 Å². The molecule has 0 N–H and O–H groups in total. The highest BCUT2D eigenvalue weighted by atomic mass is 16.4. The number of hydrogen-bond acceptors (Lipinski definition) is 4. The summed E-state index contributed by atoms with van der Waals surface area (Å²) < 4.78 is 5.46. The first-order valence-corrected chi connectivity index (χ1v) is 9.80. The molecular weight excluding hydrogens is 348 g/mol. The third-order valence-corrected chi connectivity index (χ3v) is 5.61. The number of hydrogen-bond donors (Lipinski definition) is 0. The predicted octanol–water partition coefficient (Wildman–Crippen LogP) is 5.54. The third kappa shape index (κ3) is 3.03. The van der Waals surface area contributed by atoms with Crippen molar-refractivity contribution in [3.05, 3.63) is 69.6 Å². The van der Waals surface area contributed by atoms with Crippen LogP contribution in [-0.2, 0) is 0 Å². The lowest BCUT2D eigenvalue weighted by Gasteiger charge is -2.45. The Bertz CT molecular complexity index is 1150. The molecule has 0 radical (unpaired) electrons. The van der Waals surface area contributed by atoms with Crippen LogP contribution >= 0.6 is 0 Å². The van der Waals surface area contributed by atoms with Gasteiger partial charge in [-0.25, -0.2) is 4.79 Å². The van der Waals surface area contributed by atoms with Crippen molar-refractivity contribution in [2.75, 3.05) is 11.4 Å². The minimum Gasteiger partial charge on any atom is -0.423 e. The SMILES string of the molecule is CCN1c2ccc3oc(=O)ccc3c2C(=Nc2ccc(C)cc2C)CC1(C)C. The van der Waals surface area contributed by atoms with Gasteiger partial charge in [-0.05, 0) is 64.4 Å². The first-order valence-electron chi connectivity index (χ1n) is 9.80. The molecule has 4 nitrogen and oxygen atoms in total. The van der Waals surface area contributed by atoms with E-state index >= 15 is 0 Å². The van der Waals surface area contributed by atoms with Gasteiger partial charge in [0.05, 0.1) is 11.4 Å². The molecule has 4 rings (SSSR count). The molecule has 1 aliphatic heterocycles. The molecule has 0 aliphatic carbocycles. The van der Waals surface area contributed by atoms with Crippen molar-refractivity contribution in [2.24, 2.45) is 4.99 Å². The monoisotopic (exact) mass is 374 g/mol. The Labute approximate surface area is 165 Å². The number of anilines is 1. The molecule has 0 atom stereocenters. The molecule has 4 heteroatoms. The topological polar surface area (TPSA) is 45.8 Å². The fourth-order valence-electron chi connectivity index (χ4n) is 4.36. The number of aryl methyl sites for hydroxylation is 2. The maximum Gasteiger partial charge on any atom is 0.336 e. The normalized spacial score (nSPS) is 17.2. The van der Waals surface area contributed by atoms with E-state index in [1.807, 2.05) is 12.1 Å². The maximum atomic E-state index is 11.7. The van der Waals surface area contributed by atoms with E-state index in [-0.39, 0.29) is 11.2 Å². The van der Waals surface area contributed by atoms with Crippen LogP contribution in [0, 0.1) is 13.8 Å². The van der Waals surface area contributed by atoms with Crippen LogP contribution in [0.15, 0.2) is 56.7 Å². The summed E-state index contributed by atoms with van der Waals surface area (Å²) in [6.45, 7) is 11.8. The number of aliphatic imine (C=N–C) groups is 1. The van der Waals surface area contributed by atoms with Crippen molar-refractivity contribution in [3.8, 4) is 0 Å². The quantitative estimate of drug-likeness (QED) is 0.553. The van der Waals surface area contributed by atoms with E-state index in [1.165, 1.54) is 11.6 Å². The van der Waals surface area contributed by atoms with E-state index in [4.69, 9.17) is 9.41 Å². The van der Waals surface area contributed by atoms with Gasteiger partial charge in [0.2, 0.25) is 0 Å². The molecule has 2 heterocycles. The lowest BCUT2D eigenvalue weighted by Crippen LogP contribution is -2.49. The Morgan fingerprint density at radius 1 is 1.11 bits per heavy atom. The van der Waals surface area contributed by atoms with Gasteiger partial charge in [0.1, 0.15) is 5.58 Å². The summed E-state index contributed by atoms with van der Waals surface area (Å²) in [5.41, 5.74) is 6.86. The van der Waals surface area contributed by atoms with Gasteiger partial charge in [-0.15, -0.1) is 0 Å². The van der Waals surface area contributed by atoms with E-state index in [2.05, 4.69) is 63.8 Å². The van der Waals surface area contributed by atoms with E-state index in [0.717, 1.165) is 46.6 Å². The van der Waals surface area contributed by atoms with Crippen LogP contribution in [0.5, 0.6) is 0 Å². The van der Waals surface area contributed by atoms with E-state index in [1.54, 1.807) is 0 Å². The molecule has 28 heavy (non-hydrogen) atoms. The van der Waals surface area contributed by atoms with Crippen LogP contribution in [0.3, 0.4) is 0 Å². The van der Waals surface area contributed by atoms with Gasteiger partial charge in [0, 0.05) is 41.2 Å². The minimum absolute atomic E-state index is 0.0531. The fourth-order valence-corrected chi connectivity index (χ4v) is 4.36. The van der Waals surface area contributed by atoms with Crippen LogP contribution in [-0.4, -0.2) is 17.8 Å². The zero-order valence-electron chi connectivity index (χ0n) is 17.2. The van der Waals surface area contributed by atoms with Crippen molar-refractivity contribution in [1.82, 2.24) is 0 Å². The third-order valence-electron chi connectivity index (χ3n) is 5.61. The van der Waals surface area contributed by atoms with Crippen molar-refractivity contribution < 1.29 is 4.42 Å². The minimum atomic E-state index is -0.330. The Morgan fingerprint density at radius 2 is 1.89 bits per heavy atom. The molecule has 2 aromatic carbocycles. The zero-order valence-corrected chi connectivity index (χ0v) is 17.2. The maximum absolute atomic E-state index is 11.7. The molecule has 0 spiro atoms. The van der Waals surface area contributed by atoms with Gasteiger partial charge < -0.3 is 9.32 Å². The number of benzene rings is 2. The summed E-state index contributed by atoms with van der Waals surface area (Å²) in [4.78, 5) is 19.2. The highest BCUT2D eigenvalue weighted by Crippen LogP contribution is 2.41. The molecule has 0 amide bonds. The Morgan fingerprint density at radius 3 is 2.61 bits per heavy atom. The van der Waals surface area contributed by atoms with Crippen molar-refractivity contribution >= 4 is 28.1 Å². The van der Waals surface area contributed by atoms with Gasteiger partial charge in [-0.3, -0.25) is 4.99 Å². The van der Waals surface area contributed by atoms with Gasteiger partial charge in [-0.1, -0.05) is 17.7 Å². The van der Waals surface area contributed by atoms with Gasteiger partial charge in [0.15, 0.2) is 0 Å². The number of rotatable bonds is 2. The van der Waals surface area contributed by atoms with Crippen LogP contribution in [0.25, 0.3) is 11.0 Å². The molecule has 0 unspecified atom stereocenters. The molecule has 0 bridgehead atoms. The van der Waals surface area contributed by atoms with Crippen LogP contribution in [0.2, 0.25) is 0 Å². The van der Waals surface area contributed by atoms with Crippen LogP contribution < -0.4 is 10.5 Å². The molecule has 144 valence electrons. The first kappa shape index (κ1) is 18.5. The molecule has 0 saturated heterocycles. The van der Waals surface area contributed by atoms with Crippen LogP contribution in [0.4, 0.5) is 11.4 Å². The Balaban J connectivity index is 2.03. The summed E-state index contributed by atoms with van der Waals surface area (Å²) >= 11 is 0. The van der Waals surface area contributed by atoms with Crippen molar-refractivity contribution in [3.63, 3.8) is 0 Å². The smallest absolute Gasteiger partial charge is 0.336 e. The van der Waals surface area contributed by atoms with Crippen molar-refractivity contribution in [1.29, 1.82) is 0 Å². The number of fused-ring (bicyclic) bond motifs is 3. The van der Waals surface area contributed by atoms with Crippen LogP contribution in [0.1, 0.15) is 43.9 Å². The van der Waals surface area contributed by atoms with E-state index in [0.29, 0.717) is 5.58 Å². The lowest BCUT2D eigenvalue weighted by atomic mass is 9.83. The summed E-state index contributed by atoms with van der Waals surface area (Å²) in [6.07, 6.45) is 0.819. The van der Waals surface area contributed by atoms with Gasteiger partial charge in [-0.2, -0.15) is 0 Å². The second kappa shape index (κ2) is 6.62. The fraction of sp³-hybridized carbons (Fsp3) is 0.333. The summed E-state index contributed by atoms with van der Waals surface area (Å²) in [7, 11) is 0. The second-order valence-electron chi connectivity index (χ2n) is 8.21. The first-order chi connectivity index (χ1) is 13.3. The summed E-state index contributed by atoms with van der Waals surface area (Å²) in [5.74, 6) is 0. The molecule has 1 aliphatic rings. The Kier molecular flexibility index (Phi) is 4.37. The van der Waals surface area contributed by atoms with E-state index < -0.39 is 0 Å². The second-order valence-corrected chi connectivity index (χ2v) is 8.21. The standard InChI is InChI=1S/C24H26N2O2/c1-6-26-20-10-11-21-17(8-12-22(27)28-21)23(20)19(14-24(26,4)5)25-18-9-7-15(2)13-16(18)3/h7-13H,6,14H2,1-5H3. The lowest BCUT2D eigenvalue weighted by molar-refractivity contribution is 0.476. The Hall–Kier alpha value is -2.88. The molecule has 1 aromatic heterocycles. The average Bonchev–Trinajstić information content (AvgIpc) is 2.63. The van der Waals surface area contributed by atoms with Crippen molar-refractivity contribution in [2.45, 2.75) is 46.6 Å². The zero-order chi connectivity index (χ0) is 20.1. The van der Waals surface area contributed by atoms with Gasteiger partial charge in [0.25, 0.3) is 0 Å². The largest absolute Gasteiger partial charge is 0.423 e.